The van der Waals surface area contributed by atoms with Gasteiger partial charge in [-0.1, -0.05) is 43.4 Å². The fraction of sp³-hybridized carbons (Fsp3) is 0.188. The standard InChI is InChI=1S/C16H14N6OS/c1-9(2)13-19-20-16-22(13)21-15(24-16)14(23)18-11-7-3-5-10-6-4-8-17-12(10)11/h3-9H,1-2H3,(H,18,23). The normalized spacial score (nSPS) is 11.5. The van der Waals surface area contributed by atoms with Crippen LogP contribution >= 0.6 is 11.3 Å². The van der Waals surface area contributed by atoms with Gasteiger partial charge in [0.25, 0.3) is 5.91 Å². The van der Waals surface area contributed by atoms with Crippen molar-refractivity contribution in [1.82, 2.24) is 24.8 Å². The van der Waals surface area contributed by atoms with Gasteiger partial charge in [-0.15, -0.1) is 15.3 Å². The van der Waals surface area contributed by atoms with E-state index in [9.17, 15) is 4.79 Å². The maximum absolute atomic E-state index is 12.6. The molecule has 0 aliphatic rings. The van der Waals surface area contributed by atoms with Gasteiger partial charge in [-0.25, -0.2) is 0 Å². The summed E-state index contributed by atoms with van der Waals surface area (Å²) >= 11 is 1.21. The molecule has 0 bridgehead atoms. The van der Waals surface area contributed by atoms with Gasteiger partial charge in [0, 0.05) is 17.5 Å². The van der Waals surface area contributed by atoms with Crippen LogP contribution in [0.5, 0.6) is 0 Å². The molecule has 0 radical (unpaired) electrons. The first-order chi connectivity index (χ1) is 11.6. The molecule has 1 N–H and O–H groups in total. The number of fused-ring (bicyclic) bond motifs is 2. The van der Waals surface area contributed by atoms with Crippen molar-refractivity contribution in [3.63, 3.8) is 0 Å². The molecule has 24 heavy (non-hydrogen) atoms. The third kappa shape index (κ3) is 2.41. The highest BCUT2D eigenvalue weighted by molar-refractivity contribution is 7.18. The number of hydrogen-bond donors (Lipinski definition) is 1. The molecule has 0 saturated heterocycles. The van der Waals surface area contributed by atoms with E-state index in [2.05, 4.69) is 25.6 Å². The van der Waals surface area contributed by atoms with Crippen LogP contribution in [0.3, 0.4) is 0 Å². The van der Waals surface area contributed by atoms with E-state index in [0.29, 0.717) is 15.7 Å². The number of aromatic nitrogens is 5. The number of carbonyl (C=O) groups is 1. The summed E-state index contributed by atoms with van der Waals surface area (Å²) < 4.78 is 1.63. The van der Waals surface area contributed by atoms with E-state index in [4.69, 9.17) is 0 Å². The molecule has 0 spiro atoms. The largest absolute Gasteiger partial charge is 0.318 e. The highest BCUT2D eigenvalue weighted by Gasteiger charge is 2.19. The van der Waals surface area contributed by atoms with Crippen molar-refractivity contribution in [2.24, 2.45) is 0 Å². The highest BCUT2D eigenvalue weighted by atomic mass is 32.1. The molecule has 3 aromatic heterocycles. The first kappa shape index (κ1) is 14.7. The van der Waals surface area contributed by atoms with E-state index in [1.165, 1.54) is 11.3 Å². The van der Waals surface area contributed by atoms with Gasteiger partial charge in [0.15, 0.2) is 5.82 Å². The number of pyridine rings is 1. The Morgan fingerprint density at radius 1 is 1.21 bits per heavy atom. The van der Waals surface area contributed by atoms with Gasteiger partial charge >= 0.3 is 0 Å². The zero-order chi connectivity index (χ0) is 16.7. The molecule has 4 rings (SSSR count). The second kappa shape index (κ2) is 5.64. The monoisotopic (exact) mass is 338 g/mol. The molecule has 1 amide bonds. The van der Waals surface area contributed by atoms with Crippen molar-refractivity contribution in [3.05, 3.63) is 47.4 Å². The average Bonchev–Trinajstić information content (AvgIpc) is 3.15. The maximum Gasteiger partial charge on any atom is 0.286 e. The molecule has 120 valence electrons. The quantitative estimate of drug-likeness (QED) is 0.620. The Kier molecular flexibility index (Phi) is 3.46. The zero-order valence-electron chi connectivity index (χ0n) is 13.1. The van der Waals surface area contributed by atoms with Crippen molar-refractivity contribution in [2.45, 2.75) is 19.8 Å². The zero-order valence-corrected chi connectivity index (χ0v) is 13.9. The molecule has 8 heteroatoms. The molecule has 7 nitrogen and oxygen atoms in total. The van der Waals surface area contributed by atoms with Crippen LogP contribution in [0.25, 0.3) is 15.9 Å². The number of para-hydroxylation sites is 1. The summed E-state index contributed by atoms with van der Waals surface area (Å²) in [6.45, 7) is 4.02. The third-order valence-electron chi connectivity index (χ3n) is 3.61. The second-order valence-corrected chi connectivity index (χ2v) is 6.61. The molecule has 3 heterocycles. The Morgan fingerprint density at radius 3 is 2.88 bits per heavy atom. The minimum Gasteiger partial charge on any atom is -0.318 e. The minimum atomic E-state index is -0.279. The van der Waals surface area contributed by atoms with Gasteiger partial charge < -0.3 is 5.32 Å². The summed E-state index contributed by atoms with van der Waals surface area (Å²) in [5, 5.41) is 16.7. The van der Waals surface area contributed by atoms with E-state index < -0.39 is 0 Å². The number of carbonyl (C=O) groups excluding carboxylic acids is 1. The van der Waals surface area contributed by atoms with Crippen LogP contribution in [0.4, 0.5) is 5.69 Å². The number of nitrogens with one attached hydrogen (secondary N) is 1. The van der Waals surface area contributed by atoms with Gasteiger partial charge in [-0.3, -0.25) is 9.78 Å². The smallest absolute Gasteiger partial charge is 0.286 e. The predicted molar refractivity (Wildman–Crippen MR) is 92.4 cm³/mol. The molecule has 0 atom stereocenters. The topological polar surface area (TPSA) is 85.1 Å². The summed E-state index contributed by atoms with van der Waals surface area (Å²) in [6, 6.07) is 9.48. The Balaban J connectivity index is 1.69. The fourth-order valence-electron chi connectivity index (χ4n) is 2.46. The Morgan fingerprint density at radius 2 is 2.04 bits per heavy atom. The van der Waals surface area contributed by atoms with Crippen molar-refractivity contribution in [1.29, 1.82) is 0 Å². The highest BCUT2D eigenvalue weighted by Crippen LogP contribution is 2.23. The molecular formula is C16H14N6OS. The number of rotatable bonds is 3. The van der Waals surface area contributed by atoms with Crippen molar-refractivity contribution in [3.8, 4) is 0 Å². The van der Waals surface area contributed by atoms with Gasteiger partial charge in [-0.2, -0.15) is 4.52 Å². The van der Waals surface area contributed by atoms with Gasteiger partial charge in [0.2, 0.25) is 9.97 Å². The van der Waals surface area contributed by atoms with E-state index in [1.807, 2.05) is 44.2 Å². The van der Waals surface area contributed by atoms with Crippen LogP contribution in [-0.2, 0) is 0 Å². The lowest BCUT2D eigenvalue weighted by Gasteiger charge is -2.06. The van der Waals surface area contributed by atoms with E-state index in [1.54, 1.807) is 10.7 Å². The van der Waals surface area contributed by atoms with Gasteiger partial charge in [0.1, 0.15) is 0 Å². The average molecular weight is 338 g/mol. The molecule has 0 fully saturated rings. The van der Waals surface area contributed by atoms with Crippen LogP contribution in [0.1, 0.15) is 35.4 Å². The number of amides is 1. The second-order valence-electron chi connectivity index (χ2n) is 5.65. The molecule has 0 unspecified atom stereocenters. The number of hydrogen-bond acceptors (Lipinski definition) is 6. The lowest BCUT2D eigenvalue weighted by molar-refractivity contribution is 0.102. The molecule has 0 saturated carbocycles. The Hall–Kier alpha value is -2.87. The Bertz CT molecular complexity index is 1050. The predicted octanol–water partition coefficient (Wildman–Crippen LogP) is 3.11. The number of anilines is 1. The van der Waals surface area contributed by atoms with Gasteiger partial charge in [0.05, 0.1) is 11.2 Å². The van der Waals surface area contributed by atoms with Crippen LogP contribution in [0, 0.1) is 0 Å². The van der Waals surface area contributed by atoms with Crippen LogP contribution in [0.2, 0.25) is 0 Å². The fourth-order valence-corrected chi connectivity index (χ4v) is 3.21. The van der Waals surface area contributed by atoms with E-state index in [0.717, 1.165) is 16.7 Å². The van der Waals surface area contributed by atoms with Crippen molar-refractivity contribution in [2.75, 3.05) is 5.32 Å². The SMILES string of the molecule is CC(C)c1nnc2sc(C(=O)Nc3cccc4cccnc34)nn12. The lowest BCUT2D eigenvalue weighted by Crippen LogP contribution is -2.13. The summed E-state index contributed by atoms with van der Waals surface area (Å²) in [4.78, 5) is 17.5. The summed E-state index contributed by atoms with van der Waals surface area (Å²) in [7, 11) is 0. The van der Waals surface area contributed by atoms with E-state index >= 15 is 0 Å². The first-order valence-corrected chi connectivity index (χ1v) is 8.32. The summed E-state index contributed by atoms with van der Waals surface area (Å²) in [5.41, 5.74) is 1.41. The van der Waals surface area contributed by atoms with Crippen molar-refractivity contribution >= 4 is 38.8 Å². The van der Waals surface area contributed by atoms with Crippen LogP contribution in [0.15, 0.2) is 36.5 Å². The minimum absolute atomic E-state index is 0.181. The van der Waals surface area contributed by atoms with Crippen molar-refractivity contribution < 1.29 is 4.79 Å². The molecular weight excluding hydrogens is 324 g/mol. The number of nitrogens with zero attached hydrogens (tertiary/aromatic N) is 5. The summed E-state index contributed by atoms with van der Waals surface area (Å²) in [6.07, 6.45) is 1.70. The molecule has 0 aliphatic heterocycles. The van der Waals surface area contributed by atoms with Crippen LogP contribution in [-0.4, -0.2) is 30.7 Å². The first-order valence-electron chi connectivity index (χ1n) is 7.50. The number of benzene rings is 1. The van der Waals surface area contributed by atoms with E-state index in [-0.39, 0.29) is 11.8 Å². The molecule has 1 aromatic carbocycles. The lowest BCUT2D eigenvalue weighted by atomic mass is 10.2. The Labute approximate surface area is 141 Å². The van der Waals surface area contributed by atoms with Gasteiger partial charge in [-0.05, 0) is 12.1 Å². The maximum atomic E-state index is 12.6. The molecule has 0 aliphatic carbocycles. The third-order valence-corrected chi connectivity index (χ3v) is 4.50. The summed E-state index contributed by atoms with van der Waals surface area (Å²) in [5.74, 6) is 0.644. The molecule has 4 aromatic rings. The van der Waals surface area contributed by atoms with Crippen LogP contribution < -0.4 is 5.32 Å².